The fraction of sp³-hybridized carbons (Fsp3) is 0.889. The smallest absolute Gasteiger partial charge is 0.409 e. The van der Waals surface area contributed by atoms with Gasteiger partial charge in [-0.05, 0) is 37.0 Å². The van der Waals surface area contributed by atoms with Crippen LogP contribution in [0.25, 0.3) is 0 Å². The zero-order valence-corrected chi connectivity index (χ0v) is 14.5. The number of carbonyl (C=O) groups excluding carboxylic acids is 2. The van der Waals surface area contributed by atoms with Crippen LogP contribution < -0.4 is 0 Å². The van der Waals surface area contributed by atoms with E-state index in [0.717, 1.165) is 13.0 Å². The molecular weight excluding hydrogens is 292 g/mol. The molecule has 1 aliphatic heterocycles. The molecule has 5 heteroatoms. The third-order valence-electron chi connectivity index (χ3n) is 5.55. The second kappa shape index (κ2) is 7.10. The molecule has 0 radical (unpaired) electrons. The summed E-state index contributed by atoms with van der Waals surface area (Å²) >= 11 is 0. The molecule has 1 saturated heterocycles. The number of hydrogen-bond donors (Lipinski definition) is 0. The van der Waals surface area contributed by atoms with Crippen LogP contribution in [-0.4, -0.2) is 54.6 Å². The van der Waals surface area contributed by atoms with Crippen molar-refractivity contribution in [3.63, 3.8) is 0 Å². The Kier molecular flexibility index (Phi) is 5.12. The molecule has 0 spiro atoms. The van der Waals surface area contributed by atoms with E-state index in [1.807, 2.05) is 18.7 Å². The van der Waals surface area contributed by atoms with Gasteiger partial charge < -0.3 is 14.5 Å². The number of fused-ring (bicyclic) bond motifs is 1. The average Bonchev–Trinajstić information content (AvgIpc) is 3.30. The molecule has 3 fully saturated rings. The van der Waals surface area contributed by atoms with Crippen molar-refractivity contribution in [2.24, 2.45) is 23.7 Å². The maximum Gasteiger partial charge on any atom is 0.409 e. The molecule has 2 saturated carbocycles. The van der Waals surface area contributed by atoms with Crippen molar-refractivity contribution in [1.29, 1.82) is 0 Å². The molecule has 1 heterocycles. The van der Waals surface area contributed by atoms with E-state index in [9.17, 15) is 9.59 Å². The molecule has 0 aromatic carbocycles. The van der Waals surface area contributed by atoms with Crippen LogP contribution in [0.3, 0.4) is 0 Å². The summed E-state index contributed by atoms with van der Waals surface area (Å²) in [5.74, 6) is 2.30. The first-order valence-corrected chi connectivity index (χ1v) is 9.28. The van der Waals surface area contributed by atoms with Gasteiger partial charge in [0, 0.05) is 32.1 Å². The lowest BCUT2D eigenvalue weighted by molar-refractivity contribution is -0.133. The van der Waals surface area contributed by atoms with E-state index in [1.165, 1.54) is 25.7 Å². The van der Waals surface area contributed by atoms with Crippen LogP contribution in [0.5, 0.6) is 0 Å². The maximum absolute atomic E-state index is 12.8. The SMILES string of the molecule is CC(C)COC(=O)N1CCCN(C(=O)C2[C@H]3CCCC[C@H]23)CC1. The van der Waals surface area contributed by atoms with E-state index in [0.29, 0.717) is 49.9 Å². The Morgan fingerprint density at radius 1 is 0.957 bits per heavy atom. The Hall–Kier alpha value is -1.26. The number of carbonyl (C=O) groups is 2. The lowest BCUT2D eigenvalue weighted by atomic mass is 10.0. The Morgan fingerprint density at radius 2 is 1.57 bits per heavy atom. The van der Waals surface area contributed by atoms with Crippen molar-refractivity contribution in [2.75, 3.05) is 32.8 Å². The summed E-state index contributed by atoms with van der Waals surface area (Å²) in [6.07, 6.45) is 5.68. The minimum absolute atomic E-state index is 0.229. The number of nitrogens with zero attached hydrogens (tertiary/aromatic N) is 2. The van der Waals surface area contributed by atoms with E-state index in [-0.39, 0.29) is 12.0 Å². The van der Waals surface area contributed by atoms with Gasteiger partial charge in [-0.25, -0.2) is 4.79 Å². The van der Waals surface area contributed by atoms with E-state index >= 15 is 0 Å². The Balaban J connectivity index is 1.48. The van der Waals surface area contributed by atoms with Gasteiger partial charge in [0.05, 0.1) is 6.61 Å². The molecule has 130 valence electrons. The van der Waals surface area contributed by atoms with Crippen molar-refractivity contribution in [3.05, 3.63) is 0 Å². The molecule has 0 unspecified atom stereocenters. The number of rotatable bonds is 3. The highest BCUT2D eigenvalue weighted by Crippen LogP contribution is 2.56. The fourth-order valence-corrected chi connectivity index (χ4v) is 4.22. The highest BCUT2D eigenvalue weighted by atomic mass is 16.6. The minimum atomic E-state index is -0.229. The van der Waals surface area contributed by atoms with E-state index in [1.54, 1.807) is 4.90 Å². The highest BCUT2D eigenvalue weighted by Gasteiger charge is 2.55. The second-order valence-electron chi connectivity index (χ2n) is 7.77. The topological polar surface area (TPSA) is 49.9 Å². The van der Waals surface area contributed by atoms with E-state index < -0.39 is 0 Å². The van der Waals surface area contributed by atoms with Gasteiger partial charge in [0.25, 0.3) is 0 Å². The maximum atomic E-state index is 12.8. The molecule has 2 amide bonds. The molecule has 3 aliphatic rings. The van der Waals surface area contributed by atoms with Crippen LogP contribution in [-0.2, 0) is 9.53 Å². The number of amides is 2. The molecule has 0 N–H and O–H groups in total. The molecule has 23 heavy (non-hydrogen) atoms. The number of ether oxygens (including phenoxy) is 1. The van der Waals surface area contributed by atoms with Crippen molar-refractivity contribution in [3.8, 4) is 0 Å². The van der Waals surface area contributed by atoms with Gasteiger partial charge in [-0.3, -0.25) is 4.79 Å². The monoisotopic (exact) mass is 322 g/mol. The van der Waals surface area contributed by atoms with Gasteiger partial charge in [-0.2, -0.15) is 0 Å². The van der Waals surface area contributed by atoms with Crippen molar-refractivity contribution in [2.45, 2.75) is 46.0 Å². The lowest BCUT2D eigenvalue weighted by Gasteiger charge is -2.22. The zero-order chi connectivity index (χ0) is 16.4. The van der Waals surface area contributed by atoms with E-state index in [4.69, 9.17) is 4.74 Å². The highest BCUT2D eigenvalue weighted by molar-refractivity contribution is 5.82. The summed E-state index contributed by atoms with van der Waals surface area (Å²) in [5, 5.41) is 0. The second-order valence-corrected chi connectivity index (χ2v) is 7.77. The zero-order valence-electron chi connectivity index (χ0n) is 14.5. The minimum Gasteiger partial charge on any atom is -0.449 e. The molecule has 0 bridgehead atoms. The fourth-order valence-electron chi connectivity index (χ4n) is 4.22. The summed E-state index contributed by atoms with van der Waals surface area (Å²) in [4.78, 5) is 28.6. The van der Waals surface area contributed by atoms with Gasteiger partial charge in [0.1, 0.15) is 0 Å². The van der Waals surface area contributed by atoms with Crippen LogP contribution in [0.4, 0.5) is 4.79 Å². The third kappa shape index (κ3) is 3.81. The lowest BCUT2D eigenvalue weighted by Crippen LogP contribution is -2.38. The van der Waals surface area contributed by atoms with E-state index in [2.05, 4.69) is 0 Å². The third-order valence-corrected chi connectivity index (χ3v) is 5.55. The van der Waals surface area contributed by atoms with Crippen LogP contribution in [0.1, 0.15) is 46.0 Å². The van der Waals surface area contributed by atoms with Crippen LogP contribution in [0.2, 0.25) is 0 Å². The quantitative estimate of drug-likeness (QED) is 0.803. The molecule has 3 rings (SSSR count). The summed E-state index contributed by atoms with van der Waals surface area (Å²) in [6.45, 7) is 7.26. The molecule has 0 aromatic heterocycles. The van der Waals surface area contributed by atoms with Gasteiger partial charge >= 0.3 is 6.09 Å². The van der Waals surface area contributed by atoms with Crippen LogP contribution >= 0.6 is 0 Å². The summed E-state index contributed by atoms with van der Waals surface area (Å²) < 4.78 is 5.31. The standard InChI is InChI=1S/C18H30N2O3/c1-13(2)12-23-18(22)20-9-5-8-19(10-11-20)17(21)16-14-6-3-4-7-15(14)16/h13-16H,3-12H2,1-2H3/t14-,15-/m0/s1. The Morgan fingerprint density at radius 3 is 2.22 bits per heavy atom. The van der Waals surface area contributed by atoms with Crippen molar-refractivity contribution >= 4 is 12.0 Å². The first kappa shape index (κ1) is 16.6. The van der Waals surface area contributed by atoms with Crippen molar-refractivity contribution < 1.29 is 14.3 Å². The number of hydrogen-bond acceptors (Lipinski definition) is 3. The Bertz CT molecular complexity index is 440. The summed E-state index contributed by atoms with van der Waals surface area (Å²) in [7, 11) is 0. The molecule has 0 aromatic rings. The Labute approximate surface area is 139 Å². The van der Waals surface area contributed by atoms with Gasteiger partial charge in [-0.1, -0.05) is 26.7 Å². The first-order chi connectivity index (χ1) is 11.1. The van der Waals surface area contributed by atoms with Crippen molar-refractivity contribution in [1.82, 2.24) is 9.80 Å². The predicted octanol–water partition coefficient (Wildman–Crippen LogP) is 2.75. The first-order valence-electron chi connectivity index (χ1n) is 9.28. The van der Waals surface area contributed by atoms with Crippen LogP contribution in [0.15, 0.2) is 0 Å². The molecule has 2 aliphatic carbocycles. The average molecular weight is 322 g/mol. The van der Waals surface area contributed by atoms with Crippen LogP contribution in [0, 0.1) is 23.7 Å². The largest absolute Gasteiger partial charge is 0.449 e. The normalized spacial score (nSPS) is 30.7. The predicted molar refractivity (Wildman–Crippen MR) is 87.9 cm³/mol. The molecule has 5 nitrogen and oxygen atoms in total. The van der Waals surface area contributed by atoms with Gasteiger partial charge in [-0.15, -0.1) is 0 Å². The van der Waals surface area contributed by atoms with Gasteiger partial charge in [0.15, 0.2) is 0 Å². The molecule has 2 atom stereocenters. The summed E-state index contributed by atoms with van der Waals surface area (Å²) in [6, 6.07) is 0. The van der Waals surface area contributed by atoms with Gasteiger partial charge in [0.2, 0.25) is 5.91 Å². The summed E-state index contributed by atoms with van der Waals surface area (Å²) in [5.41, 5.74) is 0. The molecular formula is C18H30N2O3.